The molecular formula is C27H30N2O3S2. The van der Waals surface area contributed by atoms with E-state index in [1.165, 1.54) is 27.3 Å². The summed E-state index contributed by atoms with van der Waals surface area (Å²) >= 11 is 3.18. The summed E-state index contributed by atoms with van der Waals surface area (Å²) in [5, 5.41) is 4.00. The number of fused-ring (bicyclic) bond motifs is 1. The van der Waals surface area contributed by atoms with Crippen molar-refractivity contribution in [2.24, 2.45) is 0 Å². The second-order valence-corrected chi connectivity index (χ2v) is 11.3. The molecule has 1 fully saturated rings. The minimum atomic E-state index is -0.148. The van der Waals surface area contributed by atoms with Crippen LogP contribution in [0.15, 0.2) is 53.2 Å². The molecule has 1 atom stereocenters. The minimum Gasteiger partial charge on any atom is -0.491 e. The normalized spacial score (nSPS) is 17.5. The van der Waals surface area contributed by atoms with Crippen molar-refractivity contribution in [1.29, 1.82) is 0 Å². The van der Waals surface area contributed by atoms with E-state index in [1.54, 1.807) is 16.2 Å². The number of carbonyl (C=O) groups excluding carboxylic acids is 2. The molecule has 0 N–H and O–H groups in total. The molecule has 2 amide bonds. The molecule has 0 bridgehead atoms. The van der Waals surface area contributed by atoms with E-state index in [-0.39, 0.29) is 30.4 Å². The van der Waals surface area contributed by atoms with Gasteiger partial charge in [-0.1, -0.05) is 32.0 Å². The first-order valence-corrected chi connectivity index (χ1v) is 13.7. The van der Waals surface area contributed by atoms with Gasteiger partial charge in [-0.2, -0.15) is 0 Å². The lowest BCUT2D eigenvalue weighted by Crippen LogP contribution is -2.48. The second-order valence-electron chi connectivity index (χ2n) is 9.33. The zero-order valence-corrected chi connectivity index (χ0v) is 21.2. The average Bonchev–Trinajstić information content (AvgIpc) is 3.32. The third kappa shape index (κ3) is 4.91. The smallest absolute Gasteiger partial charge is 0.264 e. The van der Waals surface area contributed by atoms with Gasteiger partial charge in [-0.25, -0.2) is 0 Å². The van der Waals surface area contributed by atoms with Gasteiger partial charge in [0, 0.05) is 17.5 Å². The van der Waals surface area contributed by atoms with Crippen molar-refractivity contribution >= 4 is 34.5 Å². The molecule has 0 spiro atoms. The molecule has 178 valence electrons. The van der Waals surface area contributed by atoms with Crippen LogP contribution in [0.25, 0.3) is 0 Å². The molecule has 2 aliphatic rings. The molecule has 1 saturated carbocycles. The standard InChI is InChI=1S/C27H30N2O3S2/c1-18(2)19-5-9-21(10-6-19)32-17-23-22-12-15-34-24(22)11-13-28(23)26(30)16-29(20-7-8-20)27(31)25-4-3-14-33-25/h3-6,9-10,12,14-15,18,20,23H,7-8,11,13,16-17H2,1-2H3/t23-/m0/s1. The van der Waals surface area contributed by atoms with Crippen LogP contribution in [0.2, 0.25) is 0 Å². The zero-order valence-electron chi connectivity index (χ0n) is 19.6. The van der Waals surface area contributed by atoms with Crippen molar-refractivity contribution in [1.82, 2.24) is 9.80 Å². The number of ether oxygens (including phenoxy) is 1. The van der Waals surface area contributed by atoms with E-state index in [0.717, 1.165) is 25.0 Å². The topological polar surface area (TPSA) is 49.9 Å². The van der Waals surface area contributed by atoms with E-state index in [1.807, 2.05) is 34.5 Å². The monoisotopic (exact) mass is 494 g/mol. The van der Waals surface area contributed by atoms with Gasteiger partial charge < -0.3 is 14.5 Å². The fourth-order valence-electron chi connectivity index (χ4n) is 4.53. The van der Waals surface area contributed by atoms with Gasteiger partial charge in [0.05, 0.1) is 10.9 Å². The molecule has 3 aromatic rings. The van der Waals surface area contributed by atoms with Crippen molar-refractivity contribution < 1.29 is 14.3 Å². The molecule has 5 nitrogen and oxygen atoms in total. The summed E-state index contributed by atoms with van der Waals surface area (Å²) in [5.74, 6) is 1.25. The maximum absolute atomic E-state index is 13.6. The van der Waals surface area contributed by atoms with Crippen molar-refractivity contribution in [3.05, 3.63) is 74.1 Å². The summed E-state index contributed by atoms with van der Waals surface area (Å²) in [4.78, 5) is 32.4. The zero-order chi connectivity index (χ0) is 23.7. The largest absolute Gasteiger partial charge is 0.491 e. The van der Waals surface area contributed by atoms with Gasteiger partial charge in [0.1, 0.15) is 18.9 Å². The number of amides is 2. The van der Waals surface area contributed by atoms with E-state index in [2.05, 4.69) is 37.4 Å². The summed E-state index contributed by atoms with van der Waals surface area (Å²) in [6.07, 6.45) is 2.79. The van der Waals surface area contributed by atoms with E-state index >= 15 is 0 Å². The highest BCUT2D eigenvalue weighted by atomic mass is 32.1. The molecule has 0 unspecified atom stereocenters. The van der Waals surface area contributed by atoms with Crippen molar-refractivity contribution in [3.8, 4) is 5.75 Å². The number of carbonyl (C=O) groups is 2. The first-order valence-electron chi connectivity index (χ1n) is 11.9. The SMILES string of the molecule is CC(C)c1ccc(OC[C@H]2c3ccsc3CCN2C(=O)CN(C(=O)c2cccs2)C2CC2)cc1. The number of thiophene rings is 2. The highest BCUT2D eigenvalue weighted by molar-refractivity contribution is 7.12. The molecule has 1 aliphatic heterocycles. The minimum absolute atomic E-state index is 0.00240. The van der Waals surface area contributed by atoms with E-state index in [9.17, 15) is 9.59 Å². The predicted molar refractivity (Wildman–Crippen MR) is 137 cm³/mol. The predicted octanol–water partition coefficient (Wildman–Crippen LogP) is 5.74. The molecule has 5 rings (SSSR count). The number of rotatable bonds is 8. The third-order valence-electron chi connectivity index (χ3n) is 6.66. The fourth-order valence-corrected chi connectivity index (χ4v) is 6.14. The number of nitrogens with zero attached hydrogens (tertiary/aromatic N) is 2. The van der Waals surface area contributed by atoms with Crippen LogP contribution in [-0.4, -0.2) is 47.4 Å². The van der Waals surface area contributed by atoms with E-state index < -0.39 is 0 Å². The van der Waals surface area contributed by atoms with Crippen molar-refractivity contribution in [3.63, 3.8) is 0 Å². The molecular weight excluding hydrogens is 464 g/mol. The Hall–Kier alpha value is -2.64. The van der Waals surface area contributed by atoms with Crippen LogP contribution in [0.1, 0.15) is 64.3 Å². The van der Waals surface area contributed by atoms with Crippen LogP contribution < -0.4 is 4.74 Å². The molecule has 0 radical (unpaired) electrons. The Morgan fingerprint density at radius 1 is 1.09 bits per heavy atom. The van der Waals surface area contributed by atoms with Crippen LogP contribution in [0.5, 0.6) is 5.75 Å². The third-order valence-corrected chi connectivity index (χ3v) is 8.51. The Bertz CT molecular complexity index is 1130. The van der Waals surface area contributed by atoms with Crippen LogP contribution in [0.3, 0.4) is 0 Å². The number of hydrogen-bond acceptors (Lipinski definition) is 5. The Labute approximate surface area is 209 Å². The summed E-state index contributed by atoms with van der Waals surface area (Å²) in [5.41, 5.74) is 2.45. The highest BCUT2D eigenvalue weighted by Crippen LogP contribution is 2.35. The molecule has 34 heavy (non-hydrogen) atoms. The maximum Gasteiger partial charge on any atom is 0.264 e. The van der Waals surface area contributed by atoms with Gasteiger partial charge in [0.2, 0.25) is 5.91 Å². The van der Waals surface area contributed by atoms with Gasteiger partial charge in [-0.15, -0.1) is 22.7 Å². The summed E-state index contributed by atoms with van der Waals surface area (Å²) < 4.78 is 6.19. The summed E-state index contributed by atoms with van der Waals surface area (Å²) in [6.45, 7) is 5.53. The van der Waals surface area contributed by atoms with Crippen LogP contribution >= 0.6 is 22.7 Å². The lowest BCUT2D eigenvalue weighted by molar-refractivity contribution is -0.135. The Kier molecular flexibility index (Phi) is 6.75. The lowest BCUT2D eigenvalue weighted by atomic mass is 10.00. The lowest BCUT2D eigenvalue weighted by Gasteiger charge is -2.37. The molecule has 0 saturated heterocycles. The van der Waals surface area contributed by atoms with Crippen molar-refractivity contribution in [2.45, 2.75) is 51.1 Å². The Morgan fingerprint density at radius 3 is 2.56 bits per heavy atom. The summed E-state index contributed by atoms with van der Waals surface area (Å²) in [7, 11) is 0. The van der Waals surface area contributed by atoms with Crippen LogP contribution in [-0.2, 0) is 11.2 Å². The van der Waals surface area contributed by atoms with Gasteiger partial charge in [-0.05, 0) is 71.3 Å². The Morgan fingerprint density at radius 2 is 1.88 bits per heavy atom. The molecule has 7 heteroatoms. The first kappa shape index (κ1) is 23.1. The second kappa shape index (κ2) is 9.92. The first-order chi connectivity index (χ1) is 16.5. The summed E-state index contributed by atoms with van der Waals surface area (Å²) in [6, 6.07) is 14.1. The molecule has 2 aromatic heterocycles. The van der Waals surface area contributed by atoms with E-state index in [4.69, 9.17) is 4.74 Å². The quantitative estimate of drug-likeness (QED) is 0.401. The molecule has 1 aliphatic carbocycles. The molecule has 1 aromatic carbocycles. The Balaban J connectivity index is 1.32. The van der Waals surface area contributed by atoms with Crippen LogP contribution in [0, 0.1) is 0 Å². The van der Waals surface area contributed by atoms with Crippen LogP contribution in [0.4, 0.5) is 0 Å². The highest BCUT2D eigenvalue weighted by Gasteiger charge is 2.38. The van der Waals surface area contributed by atoms with Gasteiger partial charge >= 0.3 is 0 Å². The van der Waals surface area contributed by atoms with Gasteiger partial charge in [0.15, 0.2) is 0 Å². The number of hydrogen-bond donors (Lipinski definition) is 0. The fraction of sp³-hybridized carbons (Fsp3) is 0.407. The molecule has 3 heterocycles. The average molecular weight is 495 g/mol. The van der Waals surface area contributed by atoms with E-state index in [0.29, 0.717) is 23.9 Å². The number of benzene rings is 1. The van der Waals surface area contributed by atoms with Gasteiger partial charge in [0.25, 0.3) is 5.91 Å². The van der Waals surface area contributed by atoms with Gasteiger partial charge in [-0.3, -0.25) is 9.59 Å². The maximum atomic E-state index is 13.6. The van der Waals surface area contributed by atoms with Crippen molar-refractivity contribution in [2.75, 3.05) is 19.7 Å².